The summed E-state index contributed by atoms with van der Waals surface area (Å²) in [7, 11) is -2.20. The molecule has 0 N–H and O–H groups in total. The van der Waals surface area contributed by atoms with Crippen molar-refractivity contribution < 1.29 is 31.8 Å². The number of halogens is 4. The summed E-state index contributed by atoms with van der Waals surface area (Å²) in [6.07, 6.45) is 4.08. The van der Waals surface area contributed by atoms with E-state index in [0.717, 1.165) is 48.7 Å². The molecule has 7 rings (SSSR count). The number of hydrogen-bond acceptors (Lipinski definition) is 6. The van der Waals surface area contributed by atoms with Crippen LogP contribution in [0.2, 0.25) is 18.1 Å². The second-order valence-electron chi connectivity index (χ2n) is 15.8. The predicted molar refractivity (Wildman–Crippen MR) is 180 cm³/mol. The number of ether oxygens (including phenoxy) is 3. The summed E-state index contributed by atoms with van der Waals surface area (Å²) in [4.78, 5) is 9.52. The van der Waals surface area contributed by atoms with Crippen molar-refractivity contribution in [1.29, 1.82) is 0 Å². The Bertz CT molecular complexity index is 1470. The van der Waals surface area contributed by atoms with E-state index in [0.29, 0.717) is 38.4 Å². The van der Waals surface area contributed by atoms with Gasteiger partial charge in [0.05, 0.1) is 22.3 Å². The highest BCUT2D eigenvalue weighted by atomic mass is 127. The molecule has 1 saturated carbocycles. The lowest BCUT2D eigenvalue weighted by molar-refractivity contribution is -0.141. The van der Waals surface area contributed by atoms with Crippen molar-refractivity contribution in [1.82, 2.24) is 9.97 Å². The summed E-state index contributed by atoms with van der Waals surface area (Å²) in [5.74, 6) is 0.183. The molecule has 3 aliphatic heterocycles. The molecule has 2 saturated heterocycles. The van der Waals surface area contributed by atoms with Crippen LogP contribution in [0, 0.1) is 5.41 Å². The van der Waals surface area contributed by atoms with E-state index in [4.69, 9.17) is 23.6 Å². The van der Waals surface area contributed by atoms with Crippen LogP contribution >= 0.6 is 22.6 Å². The van der Waals surface area contributed by atoms with E-state index in [1.165, 1.54) is 36.6 Å². The van der Waals surface area contributed by atoms with E-state index in [9.17, 15) is 13.2 Å². The minimum absolute atomic E-state index is 0.00663. The standard InChI is InChI=1S/C35H46F3IN2O4Si/c1-32(2,3)46(4,5)45-24-18-33(11-6-12-33)17-23-27(24)29-28(30(41-23)21-9-14-42-15-10-21)31(44-34(29)13-16-43-20-25(34)39)22-7-8-26(40-19-22)35(36,37)38/h7-8,19,21,24-25,31H,6,9-18,20H2,1-5H3/t24?,25?,31-,34?/m1/s1. The average molecular weight is 771 g/mol. The lowest BCUT2D eigenvalue weighted by Crippen LogP contribution is -2.48. The molecule has 2 aliphatic carbocycles. The normalized spacial score (nSPS) is 29.9. The van der Waals surface area contributed by atoms with Crippen LogP contribution in [0.3, 0.4) is 0 Å². The summed E-state index contributed by atoms with van der Waals surface area (Å²) in [6.45, 7) is 14.0. The highest BCUT2D eigenvalue weighted by molar-refractivity contribution is 14.1. The van der Waals surface area contributed by atoms with E-state index in [2.05, 4.69) is 61.4 Å². The zero-order chi connectivity index (χ0) is 32.7. The smallest absolute Gasteiger partial charge is 0.410 e. The SMILES string of the molecule is CC(C)(C)[Si](C)(C)OC1CC2(CCC2)Cc2nc(C3CCOCC3)c3c(c21)C1(CCOCC1I)O[C@@H]3c1ccc(C(F)(F)F)nc1. The van der Waals surface area contributed by atoms with Gasteiger partial charge in [0.2, 0.25) is 0 Å². The third kappa shape index (κ3) is 5.60. The van der Waals surface area contributed by atoms with Gasteiger partial charge >= 0.3 is 6.18 Å². The van der Waals surface area contributed by atoms with Crippen LogP contribution in [-0.2, 0) is 36.8 Å². The van der Waals surface area contributed by atoms with Crippen LogP contribution in [0.1, 0.15) is 123 Å². The third-order valence-corrected chi connectivity index (χ3v) is 17.8. The molecule has 3 unspecified atom stereocenters. The van der Waals surface area contributed by atoms with Gasteiger partial charge in [0.25, 0.3) is 0 Å². The van der Waals surface area contributed by atoms with Crippen LogP contribution in [0.15, 0.2) is 18.3 Å². The van der Waals surface area contributed by atoms with E-state index in [1.807, 2.05) is 0 Å². The maximum absolute atomic E-state index is 13.6. The molecule has 5 heterocycles. The van der Waals surface area contributed by atoms with Crippen molar-refractivity contribution in [3.8, 4) is 0 Å². The first-order chi connectivity index (χ1) is 21.6. The molecule has 2 aromatic heterocycles. The molecule has 46 heavy (non-hydrogen) atoms. The number of fused-ring (bicyclic) bond motifs is 4. The van der Waals surface area contributed by atoms with Crippen LogP contribution in [-0.4, -0.2) is 48.6 Å². The summed E-state index contributed by atoms with van der Waals surface area (Å²) in [5.41, 5.74) is 4.86. The Labute approximate surface area is 285 Å². The molecular formula is C35H46F3IN2O4Si. The number of rotatable bonds is 4. The van der Waals surface area contributed by atoms with Crippen LogP contribution in [0.5, 0.6) is 0 Å². The van der Waals surface area contributed by atoms with Crippen molar-refractivity contribution in [3.05, 3.63) is 57.7 Å². The summed E-state index contributed by atoms with van der Waals surface area (Å²) >= 11 is 2.48. The Kier molecular flexibility index (Phi) is 8.52. The van der Waals surface area contributed by atoms with Crippen molar-refractivity contribution in [3.63, 3.8) is 0 Å². The predicted octanol–water partition coefficient (Wildman–Crippen LogP) is 9.11. The lowest BCUT2D eigenvalue weighted by Gasteiger charge is -2.51. The first-order valence-corrected chi connectivity index (χ1v) is 21.0. The zero-order valence-electron chi connectivity index (χ0n) is 27.6. The van der Waals surface area contributed by atoms with Crippen molar-refractivity contribution in [2.75, 3.05) is 26.4 Å². The highest BCUT2D eigenvalue weighted by Crippen LogP contribution is 2.62. The summed E-state index contributed by atoms with van der Waals surface area (Å²) in [5, 5.41) is 0.0309. The Morgan fingerprint density at radius 3 is 2.33 bits per heavy atom. The second-order valence-corrected chi connectivity index (χ2v) is 22.0. The molecule has 6 nitrogen and oxygen atoms in total. The number of nitrogens with zero attached hydrogens (tertiary/aromatic N) is 2. The van der Waals surface area contributed by atoms with Crippen molar-refractivity contribution in [2.24, 2.45) is 5.41 Å². The van der Waals surface area contributed by atoms with Crippen LogP contribution in [0.25, 0.3) is 0 Å². The van der Waals surface area contributed by atoms with E-state index < -0.39 is 31.9 Å². The molecule has 11 heteroatoms. The monoisotopic (exact) mass is 770 g/mol. The third-order valence-electron chi connectivity index (χ3n) is 11.9. The van der Waals surface area contributed by atoms with Gasteiger partial charge in [-0.25, -0.2) is 0 Å². The molecule has 0 aromatic carbocycles. The first-order valence-electron chi connectivity index (χ1n) is 16.9. The second kappa shape index (κ2) is 11.7. The van der Waals surface area contributed by atoms with E-state index in [-0.39, 0.29) is 26.4 Å². The number of aromatic nitrogens is 2. The van der Waals surface area contributed by atoms with Gasteiger partial charge in [0.1, 0.15) is 17.4 Å². The Balaban J connectivity index is 1.48. The molecule has 0 radical (unpaired) electrons. The molecule has 0 amide bonds. The molecule has 252 valence electrons. The zero-order valence-corrected chi connectivity index (χ0v) is 30.7. The molecule has 2 aromatic rings. The first kappa shape index (κ1) is 33.4. The van der Waals surface area contributed by atoms with Gasteiger partial charge in [-0.3, -0.25) is 9.97 Å². The molecule has 5 aliphatic rings. The topological polar surface area (TPSA) is 62.7 Å². The average Bonchev–Trinajstić information content (AvgIpc) is 3.32. The maximum Gasteiger partial charge on any atom is 0.433 e. The van der Waals surface area contributed by atoms with E-state index in [1.54, 1.807) is 6.07 Å². The largest absolute Gasteiger partial charge is 0.433 e. The summed E-state index contributed by atoms with van der Waals surface area (Å²) in [6, 6.07) is 2.63. The fourth-order valence-electron chi connectivity index (χ4n) is 8.19. The van der Waals surface area contributed by atoms with Crippen LogP contribution < -0.4 is 0 Å². The van der Waals surface area contributed by atoms with E-state index >= 15 is 0 Å². The fraction of sp³-hybridized carbons (Fsp3) is 0.714. The minimum atomic E-state index is -4.51. The van der Waals surface area contributed by atoms with Gasteiger partial charge in [0, 0.05) is 66.3 Å². The minimum Gasteiger partial charge on any atom is -0.410 e. The Morgan fingerprint density at radius 1 is 1.00 bits per heavy atom. The quantitative estimate of drug-likeness (QED) is 0.176. The Morgan fingerprint density at radius 2 is 1.74 bits per heavy atom. The highest BCUT2D eigenvalue weighted by Gasteiger charge is 2.58. The van der Waals surface area contributed by atoms with Gasteiger partial charge < -0.3 is 18.6 Å². The Hall–Kier alpha value is -1.12. The number of alkyl halides is 4. The summed E-state index contributed by atoms with van der Waals surface area (Å²) < 4.78 is 67.3. The molecule has 3 fully saturated rings. The molecular weight excluding hydrogens is 724 g/mol. The van der Waals surface area contributed by atoms with Gasteiger partial charge in [-0.05, 0) is 68.1 Å². The molecule has 0 bridgehead atoms. The van der Waals surface area contributed by atoms with Gasteiger partial charge in [0.15, 0.2) is 8.32 Å². The maximum atomic E-state index is 13.6. The number of hydrogen-bond donors (Lipinski definition) is 0. The molecule has 4 atom stereocenters. The number of pyridine rings is 2. The molecule has 2 spiro atoms. The van der Waals surface area contributed by atoms with Crippen molar-refractivity contribution in [2.45, 2.75) is 124 Å². The van der Waals surface area contributed by atoms with Crippen molar-refractivity contribution >= 4 is 30.9 Å². The van der Waals surface area contributed by atoms with Gasteiger partial charge in [-0.15, -0.1) is 0 Å². The lowest BCUT2D eigenvalue weighted by atomic mass is 9.58. The van der Waals surface area contributed by atoms with Gasteiger partial charge in [-0.1, -0.05) is 55.8 Å². The van der Waals surface area contributed by atoms with Gasteiger partial charge in [-0.2, -0.15) is 13.2 Å². The van der Waals surface area contributed by atoms with Crippen LogP contribution in [0.4, 0.5) is 13.2 Å². The fourth-order valence-corrected chi connectivity index (χ4v) is 10.5.